The Kier molecular flexibility index (Phi) is 24.5. The number of carboxylic acids is 1. The van der Waals surface area contributed by atoms with E-state index in [0.29, 0.717) is 64.6 Å². The Morgan fingerprint density at radius 2 is 0.783 bits per heavy atom. The van der Waals surface area contributed by atoms with E-state index in [9.17, 15) is 33.9 Å². The third kappa shape index (κ3) is 17.6. The molecular formula is C27H53N9O7S3. The number of aliphatic carboxylic acids is 1. The predicted molar refractivity (Wildman–Crippen MR) is 186 cm³/mol. The van der Waals surface area contributed by atoms with E-state index >= 15 is 0 Å². The zero-order chi connectivity index (χ0) is 35.1. The average Bonchev–Trinajstić information content (AvgIpc) is 3.03. The zero-order valence-electron chi connectivity index (χ0n) is 26.1. The highest BCUT2D eigenvalue weighted by molar-refractivity contribution is 7.80. The van der Waals surface area contributed by atoms with E-state index < -0.39 is 71.8 Å². The molecule has 16 nitrogen and oxygen atoms in total. The Bertz CT molecular complexity index is 968. The van der Waals surface area contributed by atoms with Gasteiger partial charge in [0.2, 0.25) is 29.5 Å². The van der Waals surface area contributed by atoms with E-state index in [1.165, 1.54) is 0 Å². The molecule has 6 atom stereocenters. The molecule has 14 N–H and O–H groups in total. The molecule has 19 heteroatoms. The van der Waals surface area contributed by atoms with Crippen molar-refractivity contribution in [2.45, 2.75) is 94.0 Å². The minimum atomic E-state index is -1.23. The lowest BCUT2D eigenvalue weighted by atomic mass is 10.1. The highest BCUT2D eigenvalue weighted by Crippen LogP contribution is 2.06. The van der Waals surface area contributed by atoms with Gasteiger partial charge in [0.15, 0.2) is 0 Å². The topological polar surface area (TPSA) is 287 Å². The first-order chi connectivity index (χ1) is 21.9. The summed E-state index contributed by atoms with van der Waals surface area (Å²) in [6.45, 7) is 1.19. The van der Waals surface area contributed by atoms with E-state index in [1.54, 1.807) is 0 Å². The summed E-state index contributed by atoms with van der Waals surface area (Å²) in [6.07, 6.45) is 4.13. The number of nitrogens with one attached hydrogen (secondary N) is 5. The Hall–Kier alpha value is -2.29. The minimum absolute atomic E-state index is 0.0746. The van der Waals surface area contributed by atoms with Crippen LogP contribution in [0.5, 0.6) is 0 Å². The number of carboxylic acid groups (broad SMARTS) is 1. The molecule has 0 unspecified atom stereocenters. The Morgan fingerprint density at radius 3 is 1.15 bits per heavy atom. The van der Waals surface area contributed by atoms with Crippen LogP contribution >= 0.6 is 37.9 Å². The molecule has 0 aromatic rings. The summed E-state index contributed by atoms with van der Waals surface area (Å²) in [6, 6.07) is -6.69. The normalized spacial score (nSPS) is 14.9. The van der Waals surface area contributed by atoms with Crippen molar-refractivity contribution in [2.75, 3.05) is 36.9 Å². The second-order valence-corrected chi connectivity index (χ2v) is 11.7. The summed E-state index contributed by atoms with van der Waals surface area (Å²) in [4.78, 5) is 76.3. The second-order valence-electron chi connectivity index (χ2n) is 10.7. The lowest BCUT2D eigenvalue weighted by Gasteiger charge is -2.26. The van der Waals surface area contributed by atoms with Crippen molar-refractivity contribution >= 4 is 73.4 Å². The maximum absolute atomic E-state index is 13.3. The molecule has 0 aromatic heterocycles. The van der Waals surface area contributed by atoms with Gasteiger partial charge in [-0.3, -0.25) is 24.0 Å². The van der Waals surface area contributed by atoms with Crippen LogP contribution in [0.25, 0.3) is 0 Å². The summed E-state index contributed by atoms with van der Waals surface area (Å²) in [5.41, 5.74) is 22.4. The largest absolute Gasteiger partial charge is 0.480 e. The molecule has 0 aliphatic carbocycles. The van der Waals surface area contributed by atoms with Crippen LogP contribution in [0.4, 0.5) is 0 Å². The first kappa shape index (κ1) is 43.7. The van der Waals surface area contributed by atoms with Crippen LogP contribution < -0.4 is 49.5 Å². The van der Waals surface area contributed by atoms with E-state index in [4.69, 9.17) is 22.9 Å². The van der Waals surface area contributed by atoms with Gasteiger partial charge < -0.3 is 54.6 Å². The fourth-order valence-electron chi connectivity index (χ4n) is 4.10. The van der Waals surface area contributed by atoms with Crippen molar-refractivity contribution < 1.29 is 33.9 Å². The van der Waals surface area contributed by atoms with Gasteiger partial charge in [0.25, 0.3) is 0 Å². The third-order valence-electron chi connectivity index (χ3n) is 6.89. The average molecular weight is 712 g/mol. The van der Waals surface area contributed by atoms with Gasteiger partial charge in [-0.05, 0) is 71.0 Å². The first-order valence-electron chi connectivity index (χ1n) is 15.3. The summed E-state index contributed by atoms with van der Waals surface area (Å²) in [5.74, 6) is -5.11. The molecule has 0 bridgehead atoms. The molecule has 0 radical (unpaired) electrons. The first-order valence-corrected chi connectivity index (χ1v) is 17.2. The van der Waals surface area contributed by atoms with Crippen molar-refractivity contribution in [2.24, 2.45) is 22.9 Å². The van der Waals surface area contributed by atoms with Gasteiger partial charge >= 0.3 is 5.97 Å². The summed E-state index contributed by atoms with van der Waals surface area (Å²) >= 11 is 12.4. The molecule has 0 saturated carbocycles. The van der Waals surface area contributed by atoms with Crippen molar-refractivity contribution in [3.05, 3.63) is 0 Å². The SMILES string of the molecule is NCCCC[C@H](NC(=O)[C@H](CS)NC(=O)[C@H](CS)NC(=O)[C@H](CCCCN)NC(=O)[C@H](CS)NC(=O)[C@@H](N)CCCCN)C(=O)O. The summed E-state index contributed by atoms with van der Waals surface area (Å²) in [7, 11) is 0. The summed E-state index contributed by atoms with van der Waals surface area (Å²) < 4.78 is 0. The zero-order valence-corrected chi connectivity index (χ0v) is 28.8. The number of thiol groups is 3. The van der Waals surface area contributed by atoms with E-state index in [0.717, 1.165) is 0 Å². The van der Waals surface area contributed by atoms with Crippen molar-refractivity contribution in [3.8, 4) is 0 Å². The number of carbonyl (C=O) groups excluding carboxylic acids is 5. The number of rotatable bonds is 26. The Labute approximate surface area is 287 Å². The number of hydrogen-bond acceptors (Lipinski definition) is 13. The van der Waals surface area contributed by atoms with Gasteiger partial charge in [-0.2, -0.15) is 37.9 Å². The van der Waals surface area contributed by atoms with Gasteiger partial charge in [0.1, 0.15) is 30.2 Å². The maximum atomic E-state index is 13.3. The molecule has 46 heavy (non-hydrogen) atoms. The predicted octanol–water partition coefficient (Wildman–Crippen LogP) is -3.00. The molecule has 0 aromatic carbocycles. The van der Waals surface area contributed by atoms with Crippen molar-refractivity contribution in [1.82, 2.24) is 26.6 Å². The number of amides is 5. The van der Waals surface area contributed by atoms with Crippen LogP contribution in [-0.4, -0.2) is 114 Å². The van der Waals surface area contributed by atoms with Crippen molar-refractivity contribution in [3.63, 3.8) is 0 Å². The van der Waals surface area contributed by atoms with Gasteiger partial charge in [-0.15, -0.1) is 0 Å². The van der Waals surface area contributed by atoms with Crippen LogP contribution in [0, 0.1) is 0 Å². The van der Waals surface area contributed by atoms with Crippen LogP contribution in [0.1, 0.15) is 57.8 Å². The molecule has 0 aliphatic rings. The molecule has 0 saturated heterocycles. The molecule has 0 rings (SSSR count). The molecule has 0 spiro atoms. The highest BCUT2D eigenvalue weighted by Gasteiger charge is 2.31. The lowest BCUT2D eigenvalue weighted by Crippen LogP contribution is -2.60. The molecule has 0 fully saturated rings. The molecule has 0 aliphatic heterocycles. The number of nitrogens with two attached hydrogens (primary N) is 4. The molecule has 266 valence electrons. The van der Waals surface area contributed by atoms with E-state index in [2.05, 4.69) is 64.5 Å². The van der Waals surface area contributed by atoms with Crippen LogP contribution in [0.3, 0.4) is 0 Å². The fraction of sp³-hybridized carbons (Fsp3) is 0.778. The fourth-order valence-corrected chi connectivity index (χ4v) is 4.87. The second kappa shape index (κ2) is 25.8. The number of unbranched alkanes of at least 4 members (excludes halogenated alkanes) is 3. The van der Waals surface area contributed by atoms with Gasteiger partial charge in [-0.25, -0.2) is 4.79 Å². The Balaban J connectivity index is 5.51. The monoisotopic (exact) mass is 711 g/mol. The van der Waals surface area contributed by atoms with Gasteiger partial charge in [-0.1, -0.05) is 6.42 Å². The lowest BCUT2D eigenvalue weighted by molar-refractivity contribution is -0.142. The third-order valence-corrected chi connectivity index (χ3v) is 7.99. The number of hydrogen-bond donors (Lipinski definition) is 13. The minimum Gasteiger partial charge on any atom is -0.480 e. The maximum Gasteiger partial charge on any atom is 0.326 e. The Morgan fingerprint density at radius 1 is 0.478 bits per heavy atom. The summed E-state index contributed by atoms with van der Waals surface area (Å²) in [5, 5.41) is 22.0. The standard InChI is InChI=1S/C27H53N9O7S3/c28-10-4-1-7-16(31)22(37)34-19(13-44)24(39)32-17(8-2-5-11-29)23(38)35-21(15-46)26(41)36-20(14-45)25(40)33-18(27(42)43)9-3-6-12-30/h16-21,44-46H,1-15,28-31H2,(H,32,39)(H,33,40)(H,34,37)(H,35,38)(H,36,41)(H,42,43)/t16-,17-,18-,19-,20-,21-/m0/s1. The van der Waals surface area contributed by atoms with E-state index in [1.807, 2.05) is 0 Å². The molecule has 5 amide bonds. The smallest absolute Gasteiger partial charge is 0.326 e. The molecule has 0 heterocycles. The van der Waals surface area contributed by atoms with Crippen molar-refractivity contribution in [1.29, 1.82) is 0 Å². The van der Waals surface area contributed by atoms with Gasteiger partial charge in [0.05, 0.1) is 6.04 Å². The number of carbonyl (C=O) groups is 6. The quantitative estimate of drug-likeness (QED) is 0.0317. The van der Waals surface area contributed by atoms with Crippen LogP contribution in [0.15, 0.2) is 0 Å². The van der Waals surface area contributed by atoms with Crippen LogP contribution in [0.2, 0.25) is 0 Å². The van der Waals surface area contributed by atoms with E-state index in [-0.39, 0.29) is 30.1 Å². The van der Waals surface area contributed by atoms with Gasteiger partial charge in [0, 0.05) is 17.3 Å². The highest BCUT2D eigenvalue weighted by atomic mass is 32.1. The molecular weight excluding hydrogens is 659 g/mol. The van der Waals surface area contributed by atoms with Crippen LogP contribution in [-0.2, 0) is 28.8 Å².